The summed E-state index contributed by atoms with van der Waals surface area (Å²) in [5.41, 5.74) is 1.97. The van der Waals surface area contributed by atoms with E-state index in [1.807, 2.05) is 6.07 Å². The molecule has 2 N–H and O–H groups in total. The molecule has 0 spiro atoms. The second-order valence-electron chi connectivity index (χ2n) is 5.06. The maximum absolute atomic E-state index is 12.9. The van der Waals surface area contributed by atoms with Crippen molar-refractivity contribution in [3.63, 3.8) is 0 Å². The highest BCUT2D eigenvalue weighted by molar-refractivity contribution is 5.95. The number of aromatic nitrogens is 3. The number of hydrogen-bond donors (Lipinski definition) is 2. The van der Waals surface area contributed by atoms with E-state index in [-0.39, 0.29) is 17.5 Å². The molecule has 120 valence electrons. The summed E-state index contributed by atoms with van der Waals surface area (Å²) in [6.45, 7) is 1.51. The molecule has 0 radical (unpaired) electrons. The lowest BCUT2D eigenvalue weighted by Gasteiger charge is -2.08. The predicted octanol–water partition coefficient (Wildman–Crippen LogP) is 3.70. The van der Waals surface area contributed by atoms with Gasteiger partial charge in [-0.25, -0.2) is 4.39 Å². The molecule has 3 rings (SSSR count). The maximum Gasteiger partial charge on any atom is 0.249 e. The van der Waals surface area contributed by atoms with Gasteiger partial charge in [0, 0.05) is 16.9 Å². The van der Waals surface area contributed by atoms with Crippen molar-refractivity contribution in [1.29, 1.82) is 0 Å². The van der Waals surface area contributed by atoms with Crippen molar-refractivity contribution < 1.29 is 9.18 Å². The van der Waals surface area contributed by atoms with Gasteiger partial charge in [-0.05, 0) is 43.3 Å². The third-order valence-electron chi connectivity index (χ3n) is 3.20. The molecule has 0 aliphatic heterocycles. The Morgan fingerprint density at radius 3 is 2.58 bits per heavy atom. The molecule has 0 atom stereocenters. The van der Waals surface area contributed by atoms with Crippen molar-refractivity contribution in [3.05, 3.63) is 66.1 Å². The van der Waals surface area contributed by atoms with Crippen LogP contribution in [0.2, 0.25) is 0 Å². The lowest BCUT2D eigenvalue weighted by Crippen LogP contribution is -2.03. The lowest BCUT2D eigenvalue weighted by molar-refractivity contribution is 0.101. The van der Waals surface area contributed by atoms with E-state index >= 15 is 0 Å². The Kier molecular flexibility index (Phi) is 4.42. The van der Waals surface area contributed by atoms with Crippen LogP contribution in [0.3, 0.4) is 0 Å². The lowest BCUT2D eigenvalue weighted by atomic mass is 10.1. The van der Waals surface area contributed by atoms with Crippen LogP contribution in [0.5, 0.6) is 0 Å². The van der Waals surface area contributed by atoms with E-state index in [1.54, 1.807) is 30.3 Å². The molecule has 7 heteroatoms. The van der Waals surface area contributed by atoms with E-state index in [4.69, 9.17) is 0 Å². The van der Waals surface area contributed by atoms with Gasteiger partial charge in [-0.3, -0.25) is 4.79 Å². The molecule has 0 amide bonds. The van der Waals surface area contributed by atoms with Crippen molar-refractivity contribution in [2.24, 2.45) is 0 Å². The zero-order chi connectivity index (χ0) is 16.9. The van der Waals surface area contributed by atoms with E-state index in [1.165, 1.54) is 25.3 Å². The summed E-state index contributed by atoms with van der Waals surface area (Å²) in [5.74, 6) is 0.406. The average molecular weight is 323 g/mol. The zero-order valence-corrected chi connectivity index (χ0v) is 12.8. The first-order chi connectivity index (χ1) is 11.6. The van der Waals surface area contributed by atoms with Crippen LogP contribution in [0.25, 0.3) is 0 Å². The quantitative estimate of drug-likeness (QED) is 0.697. The van der Waals surface area contributed by atoms with Gasteiger partial charge in [0.25, 0.3) is 0 Å². The van der Waals surface area contributed by atoms with Gasteiger partial charge in [-0.15, -0.1) is 5.10 Å². The van der Waals surface area contributed by atoms with Crippen molar-refractivity contribution in [2.75, 3.05) is 10.6 Å². The van der Waals surface area contributed by atoms with E-state index in [0.29, 0.717) is 17.1 Å². The fourth-order valence-corrected chi connectivity index (χ4v) is 2.04. The molecule has 0 bridgehead atoms. The molecule has 0 unspecified atom stereocenters. The Morgan fingerprint density at radius 1 is 1.04 bits per heavy atom. The summed E-state index contributed by atoms with van der Waals surface area (Å²) in [7, 11) is 0. The van der Waals surface area contributed by atoms with E-state index in [0.717, 1.165) is 5.69 Å². The van der Waals surface area contributed by atoms with Gasteiger partial charge >= 0.3 is 0 Å². The molecule has 0 saturated carbocycles. The molecule has 6 nitrogen and oxygen atoms in total. The molecule has 2 aromatic carbocycles. The van der Waals surface area contributed by atoms with Crippen molar-refractivity contribution in [1.82, 2.24) is 15.2 Å². The Labute approximate surface area is 137 Å². The minimum atomic E-state index is -0.319. The van der Waals surface area contributed by atoms with Gasteiger partial charge < -0.3 is 10.6 Å². The smallest absolute Gasteiger partial charge is 0.249 e. The van der Waals surface area contributed by atoms with E-state index < -0.39 is 0 Å². The highest BCUT2D eigenvalue weighted by Crippen LogP contribution is 2.18. The minimum absolute atomic E-state index is 0.0156. The SMILES string of the molecule is CC(=O)c1cccc(Nc2cnnc(Nc3ccc(F)cc3)n2)c1. The Bertz CT molecular complexity index is 867. The number of anilines is 4. The summed E-state index contributed by atoms with van der Waals surface area (Å²) in [6, 6.07) is 12.9. The molecule has 0 fully saturated rings. The fourth-order valence-electron chi connectivity index (χ4n) is 2.04. The maximum atomic E-state index is 12.9. The second kappa shape index (κ2) is 6.82. The summed E-state index contributed by atoms with van der Waals surface area (Å²) >= 11 is 0. The van der Waals surface area contributed by atoms with Crippen LogP contribution in [-0.4, -0.2) is 21.0 Å². The molecule has 1 aromatic heterocycles. The molecule has 1 heterocycles. The molecule has 0 aliphatic rings. The van der Waals surface area contributed by atoms with Crippen LogP contribution in [0.4, 0.5) is 27.5 Å². The monoisotopic (exact) mass is 323 g/mol. The number of rotatable bonds is 5. The number of ketones is 1. The first-order valence-electron chi connectivity index (χ1n) is 7.20. The Balaban J connectivity index is 1.76. The third kappa shape index (κ3) is 3.89. The van der Waals surface area contributed by atoms with Gasteiger partial charge in [0.1, 0.15) is 5.82 Å². The largest absolute Gasteiger partial charge is 0.339 e. The van der Waals surface area contributed by atoms with Crippen LogP contribution in [0.15, 0.2) is 54.7 Å². The minimum Gasteiger partial charge on any atom is -0.339 e. The number of hydrogen-bond acceptors (Lipinski definition) is 6. The normalized spacial score (nSPS) is 10.2. The van der Waals surface area contributed by atoms with Gasteiger partial charge in [0.2, 0.25) is 5.95 Å². The third-order valence-corrected chi connectivity index (χ3v) is 3.20. The highest BCUT2D eigenvalue weighted by Gasteiger charge is 2.04. The molecule has 0 aliphatic carbocycles. The van der Waals surface area contributed by atoms with Crippen molar-refractivity contribution in [2.45, 2.75) is 6.92 Å². The van der Waals surface area contributed by atoms with Crippen LogP contribution in [0, 0.1) is 5.82 Å². The summed E-state index contributed by atoms with van der Waals surface area (Å²) in [5, 5.41) is 13.8. The molecular weight excluding hydrogens is 309 g/mol. The Morgan fingerprint density at radius 2 is 1.83 bits per heavy atom. The first kappa shape index (κ1) is 15.5. The number of Topliss-reactive ketones (excluding diaryl/α,β-unsaturated/α-hetero) is 1. The van der Waals surface area contributed by atoms with Crippen molar-refractivity contribution >= 4 is 28.9 Å². The van der Waals surface area contributed by atoms with Crippen LogP contribution in [0.1, 0.15) is 17.3 Å². The molecule has 3 aromatic rings. The summed E-state index contributed by atoms with van der Waals surface area (Å²) in [6.07, 6.45) is 1.47. The number of benzene rings is 2. The van der Waals surface area contributed by atoms with Gasteiger partial charge in [0.05, 0.1) is 6.20 Å². The molecular formula is C17H14FN5O. The number of carbonyl (C=O) groups excluding carboxylic acids is 1. The highest BCUT2D eigenvalue weighted by atomic mass is 19.1. The van der Waals surface area contributed by atoms with Crippen LogP contribution < -0.4 is 10.6 Å². The molecule has 24 heavy (non-hydrogen) atoms. The summed E-state index contributed by atoms with van der Waals surface area (Å²) < 4.78 is 12.9. The fraction of sp³-hybridized carbons (Fsp3) is 0.0588. The molecule has 0 saturated heterocycles. The van der Waals surface area contributed by atoms with Gasteiger partial charge in [0.15, 0.2) is 11.6 Å². The average Bonchev–Trinajstić information content (AvgIpc) is 2.57. The topological polar surface area (TPSA) is 79.8 Å². The number of carbonyl (C=O) groups is 1. The van der Waals surface area contributed by atoms with Crippen LogP contribution in [-0.2, 0) is 0 Å². The van der Waals surface area contributed by atoms with Crippen LogP contribution >= 0.6 is 0 Å². The van der Waals surface area contributed by atoms with Gasteiger partial charge in [-0.1, -0.05) is 12.1 Å². The predicted molar refractivity (Wildman–Crippen MR) is 89.2 cm³/mol. The van der Waals surface area contributed by atoms with Crippen molar-refractivity contribution in [3.8, 4) is 0 Å². The number of halogens is 1. The van der Waals surface area contributed by atoms with E-state index in [2.05, 4.69) is 25.8 Å². The number of nitrogens with zero attached hydrogens (tertiary/aromatic N) is 3. The van der Waals surface area contributed by atoms with E-state index in [9.17, 15) is 9.18 Å². The Hall–Kier alpha value is -3.35. The number of nitrogens with one attached hydrogen (secondary N) is 2. The first-order valence-corrected chi connectivity index (χ1v) is 7.20. The zero-order valence-electron chi connectivity index (χ0n) is 12.8. The van der Waals surface area contributed by atoms with Gasteiger partial charge in [-0.2, -0.15) is 10.1 Å². The second-order valence-corrected chi connectivity index (χ2v) is 5.06. The standard InChI is InChI=1S/C17H14FN5O/c1-11(24)12-3-2-4-15(9-12)20-16-10-19-23-17(22-16)21-14-7-5-13(18)6-8-14/h2-10H,1H3,(H2,20,21,22,23). The summed E-state index contributed by atoms with van der Waals surface area (Å²) in [4.78, 5) is 15.7.